The third-order valence-corrected chi connectivity index (χ3v) is 5.86. The van der Waals surface area contributed by atoms with Crippen LogP contribution in [0.1, 0.15) is 96.8 Å². The van der Waals surface area contributed by atoms with Crippen molar-refractivity contribution in [3.8, 4) is 0 Å². The molecule has 0 bridgehead atoms. The van der Waals surface area contributed by atoms with Gasteiger partial charge in [0.05, 0.1) is 0 Å². The van der Waals surface area contributed by atoms with E-state index in [2.05, 4.69) is 11.8 Å². The Balaban J connectivity index is 1.94. The highest BCUT2D eigenvalue weighted by atomic mass is 15.2. The van der Waals surface area contributed by atoms with Crippen LogP contribution in [0.4, 0.5) is 0 Å². The maximum Gasteiger partial charge on any atom is 0.0224 e. The molecule has 0 aromatic heterocycles. The first-order valence-electron chi connectivity index (χ1n) is 9.80. The molecule has 1 heterocycles. The monoisotopic (exact) mass is 294 g/mol. The molecule has 1 saturated carbocycles. The van der Waals surface area contributed by atoms with Crippen LogP contribution < -0.4 is 5.73 Å². The second kappa shape index (κ2) is 9.84. The quantitative estimate of drug-likeness (QED) is 0.788. The molecule has 2 aliphatic rings. The number of hydrogen-bond donors (Lipinski definition) is 1. The molecule has 0 radical (unpaired) electrons. The van der Waals surface area contributed by atoms with Gasteiger partial charge in [-0.15, -0.1) is 0 Å². The second-order valence-corrected chi connectivity index (χ2v) is 7.53. The number of piperidine rings is 1. The van der Waals surface area contributed by atoms with E-state index >= 15 is 0 Å². The standard InChI is InChI=1S/C19H38N2/c1-17-12-11-15-19(16-20)21(17)18-13-9-7-5-3-2-4-6-8-10-14-18/h17-19H,2-16,20H2,1H3. The molecule has 2 unspecified atom stereocenters. The van der Waals surface area contributed by atoms with Crippen molar-refractivity contribution < 1.29 is 0 Å². The Morgan fingerprint density at radius 3 is 1.76 bits per heavy atom. The molecule has 2 rings (SSSR count). The largest absolute Gasteiger partial charge is 0.329 e. The molecule has 21 heavy (non-hydrogen) atoms. The minimum atomic E-state index is 0.659. The number of nitrogens with two attached hydrogens (primary N) is 1. The van der Waals surface area contributed by atoms with Gasteiger partial charge in [-0.2, -0.15) is 0 Å². The average Bonchev–Trinajstić information content (AvgIpc) is 2.48. The summed E-state index contributed by atoms with van der Waals surface area (Å²) >= 11 is 0. The lowest BCUT2D eigenvalue weighted by Gasteiger charge is -2.45. The summed E-state index contributed by atoms with van der Waals surface area (Å²) in [7, 11) is 0. The van der Waals surface area contributed by atoms with Crippen LogP contribution in [0.2, 0.25) is 0 Å². The fourth-order valence-electron chi connectivity index (χ4n) is 4.64. The van der Waals surface area contributed by atoms with Gasteiger partial charge >= 0.3 is 0 Å². The van der Waals surface area contributed by atoms with E-state index in [0.717, 1.165) is 18.6 Å². The first-order valence-corrected chi connectivity index (χ1v) is 9.80. The smallest absolute Gasteiger partial charge is 0.0224 e. The molecule has 2 N–H and O–H groups in total. The molecule has 2 nitrogen and oxygen atoms in total. The predicted molar refractivity (Wildman–Crippen MR) is 92.6 cm³/mol. The first-order chi connectivity index (χ1) is 10.3. The second-order valence-electron chi connectivity index (χ2n) is 7.53. The average molecular weight is 295 g/mol. The van der Waals surface area contributed by atoms with E-state index in [1.807, 2.05) is 0 Å². The number of rotatable bonds is 2. The van der Waals surface area contributed by atoms with Crippen LogP contribution in [0.15, 0.2) is 0 Å². The van der Waals surface area contributed by atoms with E-state index < -0.39 is 0 Å². The maximum atomic E-state index is 6.09. The lowest BCUT2D eigenvalue weighted by atomic mass is 9.89. The van der Waals surface area contributed by atoms with Crippen LogP contribution in [-0.4, -0.2) is 29.6 Å². The van der Waals surface area contributed by atoms with Crippen LogP contribution in [0.5, 0.6) is 0 Å². The van der Waals surface area contributed by atoms with E-state index in [0.29, 0.717) is 6.04 Å². The lowest BCUT2D eigenvalue weighted by molar-refractivity contribution is 0.0394. The van der Waals surface area contributed by atoms with Crippen LogP contribution >= 0.6 is 0 Å². The molecule has 1 aliphatic carbocycles. The van der Waals surface area contributed by atoms with E-state index in [4.69, 9.17) is 5.73 Å². The van der Waals surface area contributed by atoms with Gasteiger partial charge in [0.2, 0.25) is 0 Å². The zero-order valence-corrected chi connectivity index (χ0v) is 14.4. The van der Waals surface area contributed by atoms with Gasteiger partial charge in [0.1, 0.15) is 0 Å². The van der Waals surface area contributed by atoms with E-state index in [9.17, 15) is 0 Å². The summed E-state index contributed by atoms with van der Waals surface area (Å²) in [5, 5.41) is 0. The zero-order chi connectivity index (χ0) is 14.9. The Morgan fingerprint density at radius 2 is 1.24 bits per heavy atom. The van der Waals surface area contributed by atoms with Gasteiger partial charge in [-0.1, -0.05) is 64.2 Å². The summed E-state index contributed by atoms with van der Waals surface area (Å²) in [6, 6.07) is 2.23. The molecule has 0 spiro atoms. The molecule has 1 saturated heterocycles. The molecule has 2 heteroatoms. The van der Waals surface area contributed by atoms with Gasteiger partial charge in [-0.25, -0.2) is 0 Å². The Labute approximate surface area is 132 Å². The molecule has 0 aromatic carbocycles. The number of nitrogens with zero attached hydrogens (tertiary/aromatic N) is 1. The molecule has 1 aliphatic heterocycles. The SMILES string of the molecule is CC1CCCC(CN)N1C1CCCCCCCCCCC1. The molecular weight excluding hydrogens is 256 g/mol. The summed E-state index contributed by atoms with van der Waals surface area (Å²) in [6.07, 6.45) is 20.0. The van der Waals surface area contributed by atoms with Crippen molar-refractivity contribution in [1.29, 1.82) is 0 Å². The fraction of sp³-hybridized carbons (Fsp3) is 1.00. The third kappa shape index (κ3) is 5.56. The van der Waals surface area contributed by atoms with Crippen molar-refractivity contribution in [2.45, 2.75) is 115 Å². The van der Waals surface area contributed by atoms with Crippen LogP contribution in [-0.2, 0) is 0 Å². The van der Waals surface area contributed by atoms with Crippen LogP contribution in [0, 0.1) is 0 Å². The predicted octanol–water partition coefficient (Wildman–Crippen LogP) is 4.86. The number of hydrogen-bond acceptors (Lipinski definition) is 2. The fourth-order valence-corrected chi connectivity index (χ4v) is 4.64. The Morgan fingerprint density at radius 1 is 0.714 bits per heavy atom. The molecule has 2 fully saturated rings. The topological polar surface area (TPSA) is 29.3 Å². The summed E-state index contributed by atoms with van der Waals surface area (Å²) in [4.78, 5) is 2.84. The molecule has 124 valence electrons. The van der Waals surface area contributed by atoms with Gasteiger partial charge in [-0.05, 0) is 32.6 Å². The van der Waals surface area contributed by atoms with Gasteiger partial charge in [0, 0.05) is 24.7 Å². The van der Waals surface area contributed by atoms with Gasteiger partial charge in [-0.3, -0.25) is 4.90 Å². The minimum Gasteiger partial charge on any atom is -0.329 e. The van der Waals surface area contributed by atoms with Crippen LogP contribution in [0.25, 0.3) is 0 Å². The molecule has 0 amide bonds. The third-order valence-electron chi connectivity index (χ3n) is 5.86. The van der Waals surface area contributed by atoms with Gasteiger partial charge < -0.3 is 5.73 Å². The zero-order valence-electron chi connectivity index (χ0n) is 14.4. The van der Waals surface area contributed by atoms with Crippen molar-refractivity contribution in [2.24, 2.45) is 5.73 Å². The van der Waals surface area contributed by atoms with Crippen molar-refractivity contribution in [2.75, 3.05) is 6.54 Å². The summed E-state index contributed by atoms with van der Waals surface area (Å²) in [6.45, 7) is 3.30. The van der Waals surface area contributed by atoms with Crippen molar-refractivity contribution in [3.05, 3.63) is 0 Å². The molecule has 2 atom stereocenters. The van der Waals surface area contributed by atoms with Crippen molar-refractivity contribution in [3.63, 3.8) is 0 Å². The molecular formula is C19H38N2. The van der Waals surface area contributed by atoms with Crippen LogP contribution in [0.3, 0.4) is 0 Å². The highest BCUT2D eigenvalue weighted by Crippen LogP contribution is 2.29. The Bertz CT molecular complexity index is 254. The molecule has 0 aromatic rings. The normalized spacial score (nSPS) is 32.3. The van der Waals surface area contributed by atoms with E-state index in [1.165, 1.54) is 89.9 Å². The highest BCUT2D eigenvalue weighted by Gasteiger charge is 2.32. The highest BCUT2D eigenvalue weighted by molar-refractivity contribution is 4.88. The van der Waals surface area contributed by atoms with Crippen molar-refractivity contribution in [1.82, 2.24) is 4.90 Å². The summed E-state index contributed by atoms with van der Waals surface area (Å²) in [5.41, 5.74) is 6.09. The van der Waals surface area contributed by atoms with E-state index in [1.54, 1.807) is 0 Å². The summed E-state index contributed by atoms with van der Waals surface area (Å²) < 4.78 is 0. The van der Waals surface area contributed by atoms with Gasteiger partial charge in [0.15, 0.2) is 0 Å². The van der Waals surface area contributed by atoms with E-state index in [-0.39, 0.29) is 0 Å². The number of likely N-dealkylation sites (tertiary alicyclic amines) is 1. The first kappa shape index (κ1) is 17.3. The van der Waals surface area contributed by atoms with Crippen molar-refractivity contribution >= 4 is 0 Å². The summed E-state index contributed by atoms with van der Waals surface area (Å²) in [5.74, 6) is 0. The lowest BCUT2D eigenvalue weighted by Crippen LogP contribution is -2.53. The Kier molecular flexibility index (Phi) is 8.10. The maximum absolute atomic E-state index is 6.09. The van der Waals surface area contributed by atoms with Gasteiger partial charge in [0.25, 0.3) is 0 Å². The Hall–Kier alpha value is -0.0800. The minimum absolute atomic E-state index is 0.659.